The van der Waals surface area contributed by atoms with Crippen molar-refractivity contribution in [1.82, 2.24) is 5.32 Å². The van der Waals surface area contributed by atoms with Crippen molar-refractivity contribution in [2.45, 2.75) is 38.7 Å². The molecule has 122 valence electrons. The number of nitro benzene ring substituents is 1. The molecule has 3 N–H and O–H groups in total. The van der Waals surface area contributed by atoms with Crippen LogP contribution in [0.15, 0.2) is 24.3 Å². The Kier molecular flexibility index (Phi) is 6.78. The van der Waals surface area contributed by atoms with Crippen LogP contribution in [0.25, 0.3) is 0 Å². The summed E-state index contributed by atoms with van der Waals surface area (Å²) in [6.45, 7) is 4.23. The van der Waals surface area contributed by atoms with Crippen molar-refractivity contribution in [2.24, 2.45) is 0 Å². The zero-order valence-corrected chi connectivity index (χ0v) is 13.0. The molecule has 7 nitrogen and oxygen atoms in total. The van der Waals surface area contributed by atoms with Crippen molar-refractivity contribution in [3.63, 3.8) is 0 Å². The number of aliphatic hydroxyl groups is 1. The van der Waals surface area contributed by atoms with Crippen molar-refractivity contribution in [2.75, 3.05) is 18.4 Å². The van der Waals surface area contributed by atoms with Gasteiger partial charge in [-0.1, -0.05) is 26.0 Å². The number of carbonyl (C=O) groups excluding carboxylic acids is 1. The van der Waals surface area contributed by atoms with Gasteiger partial charge in [-0.3, -0.25) is 14.9 Å². The Morgan fingerprint density at radius 2 is 1.95 bits per heavy atom. The van der Waals surface area contributed by atoms with E-state index in [0.29, 0.717) is 18.5 Å². The highest BCUT2D eigenvalue weighted by atomic mass is 16.6. The van der Waals surface area contributed by atoms with Crippen LogP contribution < -0.4 is 10.6 Å². The number of carbonyl (C=O) groups is 1. The number of benzene rings is 1. The molecule has 0 saturated heterocycles. The lowest BCUT2D eigenvalue weighted by Crippen LogP contribution is -2.42. The molecule has 22 heavy (non-hydrogen) atoms. The van der Waals surface area contributed by atoms with Crippen molar-refractivity contribution < 1.29 is 14.8 Å². The van der Waals surface area contributed by atoms with E-state index in [0.717, 1.165) is 0 Å². The summed E-state index contributed by atoms with van der Waals surface area (Å²) in [4.78, 5) is 22.1. The Labute approximate surface area is 129 Å². The fourth-order valence-corrected chi connectivity index (χ4v) is 1.94. The number of rotatable bonds is 9. The third kappa shape index (κ3) is 5.33. The van der Waals surface area contributed by atoms with Crippen molar-refractivity contribution >= 4 is 17.3 Å². The highest BCUT2D eigenvalue weighted by Crippen LogP contribution is 2.22. The minimum Gasteiger partial charge on any atom is -0.388 e. The van der Waals surface area contributed by atoms with Crippen LogP contribution in [0.5, 0.6) is 0 Å². The first kappa shape index (κ1) is 17.9. The van der Waals surface area contributed by atoms with Gasteiger partial charge in [-0.2, -0.15) is 0 Å². The average molecular weight is 309 g/mol. The average Bonchev–Trinajstić information content (AvgIpc) is 2.53. The summed E-state index contributed by atoms with van der Waals surface area (Å²) >= 11 is 0. The molecule has 1 rings (SSSR count). The van der Waals surface area contributed by atoms with Crippen LogP contribution in [0.4, 0.5) is 11.4 Å². The van der Waals surface area contributed by atoms with Crippen molar-refractivity contribution in [3.05, 3.63) is 34.4 Å². The fourth-order valence-electron chi connectivity index (χ4n) is 1.94. The van der Waals surface area contributed by atoms with E-state index in [1.165, 1.54) is 6.07 Å². The molecule has 0 aliphatic heterocycles. The van der Waals surface area contributed by atoms with Crippen LogP contribution in [0.1, 0.15) is 33.1 Å². The molecule has 1 amide bonds. The molecule has 1 aromatic carbocycles. The molecule has 0 atom stereocenters. The summed E-state index contributed by atoms with van der Waals surface area (Å²) in [7, 11) is 0. The van der Waals surface area contributed by atoms with Gasteiger partial charge in [0.1, 0.15) is 5.69 Å². The molecule has 7 heteroatoms. The van der Waals surface area contributed by atoms with Crippen molar-refractivity contribution in [3.8, 4) is 0 Å². The number of hydrogen-bond donors (Lipinski definition) is 3. The molecular formula is C15H23N3O4. The van der Waals surface area contributed by atoms with E-state index in [-0.39, 0.29) is 31.1 Å². The molecule has 0 saturated carbocycles. The second-order valence-electron chi connectivity index (χ2n) is 5.16. The number of nitrogens with zero attached hydrogens (tertiary/aromatic N) is 1. The molecule has 0 spiro atoms. The zero-order chi connectivity index (χ0) is 16.6. The standard InChI is InChI=1S/C15H23N3O4/c1-3-15(20,4-2)11-17-14(19)9-10-16-12-7-5-6-8-13(12)18(21)22/h5-8,16,20H,3-4,9-11H2,1-2H3,(H,17,19). The lowest BCUT2D eigenvalue weighted by molar-refractivity contribution is -0.384. The van der Waals surface area contributed by atoms with Crippen LogP contribution >= 0.6 is 0 Å². The monoisotopic (exact) mass is 309 g/mol. The summed E-state index contributed by atoms with van der Waals surface area (Å²) in [5.41, 5.74) is -0.505. The second kappa shape index (κ2) is 8.33. The lowest BCUT2D eigenvalue weighted by Gasteiger charge is -2.25. The Bertz CT molecular complexity index is 515. The molecule has 0 fully saturated rings. The lowest BCUT2D eigenvalue weighted by atomic mass is 9.97. The Hall–Kier alpha value is -2.15. The van der Waals surface area contributed by atoms with Gasteiger partial charge < -0.3 is 15.7 Å². The van der Waals surface area contributed by atoms with Crippen LogP contribution in [0, 0.1) is 10.1 Å². The van der Waals surface area contributed by atoms with Gasteiger partial charge in [-0.15, -0.1) is 0 Å². The number of nitro groups is 1. The highest BCUT2D eigenvalue weighted by molar-refractivity contribution is 5.76. The molecule has 1 aromatic rings. The Morgan fingerprint density at radius 3 is 2.55 bits per heavy atom. The summed E-state index contributed by atoms with van der Waals surface area (Å²) < 4.78 is 0. The fraction of sp³-hybridized carbons (Fsp3) is 0.533. The van der Waals surface area contributed by atoms with Crippen LogP contribution in [-0.2, 0) is 4.79 Å². The molecule has 0 unspecified atom stereocenters. The summed E-state index contributed by atoms with van der Waals surface area (Å²) in [5.74, 6) is -0.202. The van der Waals surface area contributed by atoms with Gasteiger partial charge in [0.05, 0.1) is 10.5 Å². The van der Waals surface area contributed by atoms with Gasteiger partial charge >= 0.3 is 0 Å². The van der Waals surface area contributed by atoms with Gasteiger partial charge in [-0.25, -0.2) is 0 Å². The predicted molar refractivity (Wildman–Crippen MR) is 84.7 cm³/mol. The smallest absolute Gasteiger partial charge is 0.292 e. The maximum absolute atomic E-state index is 11.7. The molecule has 0 radical (unpaired) electrons. The van der Waals surface area contributed by atoms with Gasteiger partial charge in [-0.05, 0) is 18.9 Å². The number of anilines is 1. The number of para-hydroxylation sites is 2. The Morgan fingerprint density at radius 1 is 1.32 bits per heavy atom. The molecule has 0 bridgehead atoms. The van der Waals surface area contributed by atoms with Crippen LogP contribution in [0.2, 0.25) is 0 Å². The summed E-state index contributed by atoms with van der Waals surface area (Å²) in [6, 6.07) is 6.29. The summed E-state index contributed by atoms with van der Waals surface area (Å²) in [5, 5.41) is 26.5. The third-order valence-corrected chi connectivity index (χ3v) is 3.70. The second-order valence-corrected chi connectivity index (χ2v) is 5.16. The van der Waals surface area contributed by atoms with Gasteiger partial charge in [0.2, 0.25) is 5.91 Å². The van der Waals surface area contributed by atoms with Crippen LogP contribution in [-0.4, -0.2) is 34.6 Å². The highest BCUT2D eigenvalue weighted by Gasteiger charge is 2.22. The maximum atomic E-state index is 11.7. The molecule has 0 heterocycles. The van der Waals surface area contributed by atoms with E-state index in [1.54, 1.807) is 18.2 Å². The van der Waals surface area contributed by atoms with Crippen molar-refractivity contribution in [1.29, 1.82) is 0 Å². The maximum Gasteiger partial charge on any atom is 0.292 e. The normalized spacial score (nSPS) is 11.0. The first-order valence-corrected chi connectivity index (χ1v) is 7.38. The van der Waals surface area contributed by atoms with Crippen LogP contribution in [0.3, 0.4) is 0 Å². The number of hydrogen-bond acceptors (Lipinski definition) is 5. The predicted octanol–water partition coefficient (Wildman–Crippen LogP) is 2.06. The first-order valence-electron chi connectivity index (χ1n) is 7.38. The van der Waals surface area contributed by atoms with E-state index in [1.807, 2.05) is 13.8 Å². The SMILES string of the molecule is CCC(O)(CC)CNC(=O)CCNc1ccccc1[N+](=O)[O-]. The van der Waals surface area contributed by atoms with E-state index in [4.69, 9.17) is 0 Å². The zero-order valence-electron chi connectivity index (χ0n) is 13.0. The minimum absolute atomic E-state index is 0.0192. The van der Waals surface area contributed by atoms with Gasteiger partial charge in [0, 0.05) is 25.6 Å². The third-order valence-electron chi connectivity index (χ3n) is 3.70. The van der Waals surface area contributed by atoms with E-state index >= 15 is 0 Å². The molecule has 0 aliphatic carbocycles. The quantitative estimate of drug-likeness (QED) is 0.478. The number of nitrogens with one attached hydrogen (secondary N) is 2. The molecule has 0 aliphatic rings. The molecule has 0 aromatic heterocycles. The largest absolute Gasteiger partial charge is 0.388 e. The number of amides is 1. The topological polar surface area (TPSA) is 104 Å². The minimum atomic E-state index is -0.874. The van der Waals surface area contributed by atoms with E-state index in [9.17, 15) is 20.0 Å². The van der Waals surface area contributed by atoms with E-state index < -0.39 is 10.5 Å². The molecular weight excluding hydrogens is 286 g/mol. The first-order chi connectivity index (χ1) is 10.4. The Balaban J connectivity index is 2.42. The summed E-state index contributed by atoms with van der Waals surface area (Å²) in [6.07, 6.45) is 1.31. The van der Waals surface area contributed by atoms with E-state index in [2.05, 4.69) is 10.6 Å². The van der Waals surface area contributed by atoms with Gasteiger partial charge in [0.25, 0.3) is 5.69 Å². The van der Waals surface area contributed by atoms with Gasteiger partial charge in [0.15, 0.2) is 0 Å².